The van der Waals surface area contributed by atoms with E-state index >= 15 is 0 Å². The number of fused-ring (bicyclic) bond motifs is 2. The summed E-state index contributed by atoms with van der Waals surface area (Å²) in [7, 11) is 0. The zero-order valence-electron chi connectivity index (χ0n) is 10.5. The Morgan fingerprint density at radius 2 is 2.00 bits per heavy atom. The molecule has 0 radical (unpaired) electrons. The fourth-order valence-corrected chi connectivity index (χ4v) is 2.96. The van der Waals surface area contributed by atoms with Crippen molar-refractivity contribution >= 4 is 5.69 Å². The standard InChI is InChI=1S/C14H18FNO2/c1-9(17)13-6-10(15)2-5-14(13)16-7-11-3-4-12(8-16)18-11/h2,5-6,9,11-12,17H,3-4,7-8H2,1H3/t9-,11?,12?/m1/s1. The summed E-state index contributed by atoms with van der Waals surface area (Å²) in [4.78, 5) is 2.22. The Bertz CT molecular complexity index is 437. The largest absolute Gasteiger partial charge is 0.389 e. The topological polar surface area (TPSA) is 32.7 Å². The number of halogens is 1. The summed E-state index contributed by atoms with van der Waals surface area (Å²) in [5, 5.41) is 9.78. The molecule has 18 heavy (non-hydrogen) atoms. The van der Waals surface area contributed by atoms with E-state index in [9.17, 15) is 9.50 Å². The Balaban J connectivity index is 1.91. The zero-order chi connectivity index (χ0) is 12.7. The summed E-state index contributed by atoms with van der Waals surface area (Å²) in [5.41, 5.74) is 1.60. The first kappa shape index (κ1) is 11.9. The van der Waals surface area contributed by atoms with Gasteiger partial charge in [0, 0.05) is 24.3 Å². The summed E-state index contributed by atoms with van der Waals surface area (Å²) in [5.74, 6) is -0.300. The molecule has 0 aliphatic carbocycles. The highest BCUT2D eigenvalue weighted by atomic mass is 19.1. The lowest BCUT2D eigenvalue weighted by Gasteiger charge is -2.35. The molecule has 2 aliphatic heterocycles. The average molecular weight is 251 g/mol. The van der Waals surface area contributed by atoms with Crippen LogP contribution in [-0.4, -0.2) is 30.4 Å². The molecule has 2 aliphatic rings. The lowest BCUT2D eigenvalue weighted by molar-refractivity contribution is 0.0303. The van der Waals surface area contributed by atoms with Crippen LogP contribution in [0.3, 0.4) is 0 Å². The molecule has 4 heteroatoms. The van der Waals surface area contributed by atoms with E-state index in [1.807, 2.05) is 0 Å². The van der Waals surface area contributed by atoms with Gasteiger partial charge in [-0.1, -0.05) is 0 Å². The fourth-order valence-electron chi connectivity index (χ4n) is 2.96. The van der Waals surface area contributed by atoms with Crippen molar-refractivity contribution in [3.8, 4) is 0 Å². The van der Waals surface area contributed by atoms with Crippen molar-refractivity contribution < 1.29 is 14.2 Å². The van der Waals surface area contributed by atoms with Crippen molar-refractivity contribution in [3.63, 3.8) is 0 Å². The van der Waals surface area contributed by atoms with Crippen molar-refractivity contribution in [2.75, 3.05) is 18.0 Å². The zero-order valence-corrected chi connectivity index (χ0v) is 10.5. The highest BCUT2D eigenvalue weighted by Gasteiger charge is 2.34. The molecular formula is C14H18FNO2. The molecule has 3 atom stereocenters. The minimum atomic E-state index is -0.656. The Morgan fingerprint density at radius 3 is 2.61 bits per heavy atom. The van der Waals surface area contributed by atoms with Crippen molar-refractivity contribution in [1.29, 1.82) is 0 Å². The van der Waals surface area contributed by atoms with Crippen LogP contribution in [0.2, 0.25) is 0 Å². The number of rotatable bonds is 2. The van der Waals surface area contributed by atoms with Crippen LogP contribution < -0.4 is 4.90 Å². The van der Waals surface area contributed by atoms with Crippen molar-refractivity contribution in [2.45, 2.75) is 38.1 Å². The molecular weight excluding hydrogens is 233 g/mol. The highest BCUT2D eigenvalue weighted by molar-refractivity contribution is 5.55. The minimum absolute atomic E-state index is 0.288. The number of nitrogens with zero attached hydrogens (tertiary/aromatic N) is 1. The number of hydrogen-bond donors (Lipinski definition) is 1. The van der Waals surface area contributed by atoms with Gasteiger partial charge in [-0.15, -0.1) is 0 Å². The Labute approximate surface area is 106 Å². The number of benzene rings is 1. The fraction of sp³-hybridized carbons (Fsp3) is 0.571. The molecule has 2 bridgehead atoms. The van der Waals surface area contributed by atoms with Gasteiger partial charge in [-0.05, 0) is 38.0 Å². The second-order valence-electron chi connectivity index (χ2n) is 5.24. The van der Waals surface area contributed by atoms with Crippen LogP contribution in [0.4, 0.5) is 10.1 Å². The second-order valence-corrected chi connectivity index (χ2v) is 5.24. The smallest absolute Gasteiger partial charge is 0.123 e. The van der Waals surface area contributed by atoms with E-state index in [0.29, 0.717) is 5.56 Å². The van der Waals surface area contributed by atoms with Crippen LogP contribution in [0, 0.1) is 5.82 Å². The first-order chi connectivity index (χ1) is 8.63. The quantitative estimate of drug-likeness (QED) is 0.875. The molecule has 1 aromatic rings. The van der Waals surface area contributed by atoms with Crippen molar-refractivity contribution in [3.05, 3.63) is 29.6 Å². The third kappa shape index (κ3) is 2.10. The minimum Gasteiger partial charge on any atom is -0.389 e. The van der Waals surface area contributed by atoms with Gasteiger partial charge in [0.05, 0.1) is 18.3 Å². The molecule has 2 unspecified atom stereocenters. The van der Waals surface area contributed by atoms with Gasteiger partial charge in [-0.2, -0.15) is 0 Å². The molecule has 98 valence electrons. The van der Waals surface area contributed by atoms with E-state index in [1.54, 1.807) is 13.0 Å². The van der Waals surface area contributed by atoms with Gasteiger partial charge >= 0.3 is 0 Å². The Kier molecular flexibility index (Phi) is 2.99. The number of aliphatic hydroxyl groups is 1. The van der Waals surface area contributed by atoms with E-state index < -0.39 is 6.10 Å². The van der Waals surface area contributed by atoms with Gasteiger partial charge in [-0.25, -0.2) is 4.39 Å². The maximum Gasteiger partial charge on any atom is 0.123 e. The van der Waals surface area contributed by atoms with Gasteiger partial charge in [0.15, 0.2) is 0 Å². The third-order valence-electron chi connectivity index (χ3n) is 3.82. The SMILES string of the molecule is C[C@@H](O)c1cc(F)ccc1N1CC2CCC(C1)O2. The molecule has 2 saturated heterocycles. The van der Waals surface area contributed by atoms with Gasteiger partial charge in [-0.3, -0.25) is 0 Å². The first-order valence-electron chi connectivity index (χ1n) is 6.51. The molecule has 2 heterocycles. The van der Waals surface area contributed by atoms with E-state index in [0.717, 1.165) is 31.6 Å². The Hall–Kier alpha value is -1.13. The van der Waals surface area contributed by atoms with Crippen LogP contribution in [0.25, 0.3) is 0 Å². The van der Waals surface area contributed by atoms with Gasteiger partial charge < -0.3 is 14.7 Å². The van der Waals surface area contributed by atoms with Gasteiger partial charge in [0.25, 0.3) is 0 Å². The lowest BCUT2D eigenvalue weighted by atomic mass is 10.1. The number of morpholine rings is 1. The van der Waals surface area contributed by atoms with E-state index in [2.05, 4.69) is 4.90 Å². The van der Waals surface area contributed by atoms with Crippen LogP contribution in [0.5, 0.6) is 0 Å². The summed E-state index contributed by atoms with van der Waals surface area (Å²) in [6.45, 7) is 3.34. The van der Waals surface area contributed by atoms with E-state index in [1.165, 1.54) is 12.1 Å². The number of aliphatic hydroxyl groups excluding tert-OH is 1. The molecule has 2 fully saturated rings. The molecule has 0 amide bonds. The van der Waals surface area contributed by atoms with Gasteiger partial charge in [0.2, 0.25) is 0 Å². The lowest BCUT2D eigenvalue weighted by Crippen LogP contribution is -2.43. The normalized spacial score (nSPS) is 28.5. The van der Waals surface area contributed by atoms with E-state index in [-0.39, 0.29) is 18.0 Å². The Morgan fingerprint density at radius 1 is 1.33 bits per heavy atom. The molecule has 3 rings (SSSR count). The van der Waals surface area contributed by atoms with Gasteiger partial charge in [0.1, 0.15) is 5.82 Å². The first-order valence-corrected chi connectivity index (χ1v) is 6.51. The predicted octanol–water partition coefficient (Wildman–Crippen LogP) is 2.25. The number of anilines is 1. The second kappa shape index (κ2) is 4.52. The van der Waals surface area contributed by atoms with Crippen molar-refractivity contribution in [1.82, 2.24) is 0 Å². The van der Waals surface area contributed by atoms with Crippen LogP contribution in [0.1, 0.15) is 31.4 Å². The van der Waals surface area contributed by atoms with Crippen LogP contribution in [-0.2, 0) is 4.74 Å². The third-order valence-corrected chi connectivity index (χ3v) is 3.82. The predicted molar refractivity (Wildman–Crippen MR) is 67.1 cm³/mol. The monoisotopic (exact) mass is 251 g/mol. The maximum atomic E-state index is 13.3. The molecule has 1 aromatic carbocycles. The molecule has 3 nitrogen and oxygen atoms in total. The van der Waals surface area contributed by atoms with E-state index in [4.69, 9.17) is 4.74 Å². The molecule has 0 aromatic heterocycles. The van der Waals surface area contributed by atoms with Crippen LogP contribution >= 0.6 is 0 Å². The number of hydrogen-bond acceptors (Lipinski definition) is 3. The van der Waals surface area contributed by atoms with Crippen LogP contribution in [0.15, 0.2) is 18.2 Å². The summed E-state index contributed by atoms with van der Waals surface area (Å²) in [6, 6.07) is 4.65. The summed E-state index contributed by atoms with van der Waals surface area (Å²) < 4.78 is 19.1. The summed E-state index contributed by atoms with van der Waals surface area (Å²) >= 11 is 0. The van der Waals surface area contributed by atoms with Crippen molar-refractivity contribution in [2.24, 2.45) is 0 Å². The molecule has 1 N–H and O–H groups in total. The highest BCUT2D eigenvalue weighted by Crippen LogP contribution is 2.33. The number of ether oxygens (including phenoxy) is 1. The molecule has 0 spiro atoms. The average Bonchev–Trinajstić information content (AvgIpc) is 2.68. The maximum absolute atomic E-state index is 13.3. The summed E-state index contributed by atoms with van der Waals surface area (Å²) in [6.07, 6.45) is 2.13. The molecule has 0 saturated carbocycles.